The Morgan fingerprint density at radius 1 is 0.450 bits per heavy atom. The maximum atomic E-state index is 4.89. The van der Waals surface area contributed by atoms with Gasteiger partial charge >= 0.3 is 0 Å². The second-order valence-corrected chi connectivity index (χ2v) is 10.7. The Labute approximate surface area is 234 Å². The van der Waals surface area contributed by atoms with E-state index in [0.717, 1.165) is 28.1 Å². The van der Waals surface area contributed by atoms with Gasteiger partial charge in [0.25, 0.3) is 0 Å². The first-order valence-corrected chi connectivity index (χ1v) is 13.5. The summed E-state index contributed by atoms with van der Waals surface area (Å²) in [6.07, 6.45) is 0. The van der Waals surface area contributed by atoms with Crippen LogP contribution in [0, 0.1) is 0 Å². The molecule has 0 bridgehead atoms. The number of benzene rings is 5. The van der Waals surface area contributed by atoms with Crippen LogP contribution >= 0.6 is 0 Å². The molecule has 0 unspecified atom stereocenters. The van der Waals surface area contributed by atoms with Crippen molar-refractivity contribution in [1.82, 2.24) is 15.0 Å². The van der Waals surface area contributed by atoms with Crippen LogP contribution in [-0.2, 0) is 5.41 Å². The summed E-state index contributed by atoms with van der Waals surface area (Å²) in [4.78, 5) is 14.6. The average Bonchev–Trinajstić information content (AvgIpc) is 3.24. The molecule has 6 aromatic rings. The summed E-state index contributed by atoms with van der Waals surface area (Å²) >= 11 is 0. The summed E-state index contributed by atoms with van der Waals surface area (Å²) < 4.78 is 0. The van der Waals surface area contributed by atoms with Crippen LogP contribution in [0.1, 0.15) is 25.0 Å². The third-order valence-corrected chi connectivity index (χ3v) is 7.69. The van der Waals surface area contributed by atoms with Gasteiger partial charge in [0.15, 0.2) is 17.5 Å². The van der Waals surface area contributed by atoms with Crippen molar-refractivity contribution in [2.75, 3.05) is 5.32 Å². The molecule has 0 saturated carbocycles. The second kappa shape index (κ2) is 9.58. The first-order valence-electron chi connectivity index (χ1n) is 13.5. The topological polar surface area (TPSA) is 50.7 Å². The second-order valence-electron chi connectivity index (χ2n) is 10.7. The van der Waals surface area contributed by atoms with Crippen molar-refractivity contribution < 1.29 is 0 Å². The number of hydrogen-bond donors (Lipinski definition) is 1. The lowest BCUT2D eigenvalue weighted by Crippen LogP contribution is -2.15. The minimum atomic E-state index is -0.0436. The Bertz CT molecular complexity index is 1790. The van der Waals surface area contributed by atoms with Crippen LogP contribution in [0.2, 0.25) is 0 Å². The fraction of sp³-hybridized carbons (Fsp3) is 0.0833. The van der Waals surface area contributed by atoms with Crippen LogP contribution in [0.3, 0.4) is 0 Å². The van der Waals surface area contributed by atoms with E-state index >= 15 is 0 Å². The van der Waals surface area contributed by atoms with E-state index < -0.39 is 0 Å². The fourth-order valence-electron chi connectivity index (χ4n) is 5.62. The molecule has 1 heterocycles. The van der Waals surface area contributed by atoms with Gasteiger partial charge in [0.05, 0.1) is 0 Å². The van der Waals surface area contributed by atoms with E-state index in [2.05, 4.69) is 73.8 Å². The molecule has 0 radical (unpaired) electrons. The number of anilines is 2. The van der Waals surface area contributed by atoms with Crippen LogP contribution < -0.4 is 5.32 Å². The minimum absolute atomic E-state index is 0.0436. The molecule has 0 amide bonds. The number of rotatable bonds is 5. The summed E-state index contributed by atoms with van der Waals surface area (Å²) in [5.41, 5.74) is 10.2. The molecule has 1 aliphatic rings. The molecule has 0 saturated heterocycles. The Morgan fingerprint density at radius 2 is 0.975 bits per heavy atom. The standard InChI is InChI=1S/C36H28N4/c1-36(2)31-19-10-9-18-29(31)30-21-20-28(23-32(30)36)37-27-17-11-16-26(22-27)35-39-33(24-12-5-3-6-13-24)38-34(40-35)25-14-7-4-8-15-25/h3-23,37H,1-2H3. The van der Waals surface area contributed by atoms with Gasteiger partial charge in [0, 0.05) is 33.5 Å². The number of hydrogen-bond acceptors (Lipinski definition) is 4. The lowest BCUT2D eigenvalue weighted by atomic mass is 9.82. The van der Waals surface area contributed by atoms with Crippen molar-refractivity contribution in [3.63, 3.8) is 0 Å². The molecule has 7 rings (SSSR count). The van der Waals surface area contributed by atoms with Crippen LogP contribution in [0.15, 0.2) is 127 Å². The first-order chi connectivity index (χ1) is 19.6. The highest BCUT2D eigenvalue weighted by atomic mass is 15.0. The van der Waals surface area contributed by atoms with Gasteiger partial charge in [-0.2, -0.15) is 0 Å². The normalized spacial score (nSPS) is 12.9. The van der Waals surface area contributed by atoms with E-state index in [9.17, 15) is 0 Å². The zero-order valence-electron chi connectivity index (χ0n) is 22.5. The highest BCUT2D eigenvalue weighted by Gasteiger charge is 2.35. The van der Waals surface area contributed by atoms with E-state index in [0.29, 0.717) is 17.5 Å². The summed E-state index contributed by atoms with van der Waals surface area (Å²) in [6, 6.07) is 43.8. The minimum Gasteiger partial charge on any atom is -0.355 e. The predicted molar refractivity (Wildman–Crippen MR) is 163 cm³/mol. The molecule has 0 fully saturated rings. The monoisotopic (exact) mass is 516 g/mol. The molecule has 4 nitrogen and oxygen atoms in total. The molecule has 192 valence electrons. The molecule has 1 aliphatic carbocycles. The molecule has 4 heteroatoms. The van der Waals surface area contributed by atoms with Gasteiger partial charge in [0.1, 0.15) is 0 Å². The molecule has 1 aromatic heterocycles. The number of nitrogens with zero attached hydrogens (tertiary/aromatic N) is 3. The number of fused-ring (bicyclic) bond motifs is 3. The summed E-state index contributed by atoms with van der Waals surface area (Å²) in [6.45, 7) is 4.61. The van der Waals surface area contributed by atoms with E-state index in [1.165, 1.54) is 22.3 Å². The number of aromatic nitrogens is 3. The molecule has 0 atom stereocenters. The average molecular weight is 517 g/mol. The van der Waals surface area contributed by atoms with E-state index in [1.807, 2.05) is 72.8 Å². The third-order valence-electron chi connectivity index (χ3n) is 7.69. The predicted octanol–water partition coefficient (Wildman–Crippen LogP) is 8.92. The van der Waals surface area contributed by atoms with Crippen LogP contribution in [0.5, 0.6) is 0 Å². The highest BCUT2D eigenvalue weighted by Crippen LogP contribution is 2.49. The van der Waals surface area contributed by atoms with Crippen LogP contribution in [-0.4, -0.2) is 15.0 Å². The van der Waals surface area contributed by atoms with Crippen molar-refractivity contribution in [3.8, 4) is 45.3 Å². The molecule has 0 aliphatic heterocycles. The molecule has 5 aromatic carbocycles. The van der Waals surface area contributed by atoms with Crippen LogP contribution in [0.25, 0.3) is 45.3 Å². The van der Waals surface area contributed by atoms with Crippen molar-refractivity contribution in [2.45, 2.75) is 19.3 Å². The van der Waals surface area contributed by atoms with Gasteiger partial charge < -0.3 is 5.32 Å². The maximum Gasteiger partial charge on any atom is 0.164 e. The largest absolute Gasteiger partial charge is 0.355 e. The summed E-state index contributed by atoms with van der Waals surface area (Å²) in [7, 11) is 0. The molecular formula is C36H28N4. The maximum absolute atomic E-state index is 4.89. The van der Waals surface area contributed by atoms with Crippen LogP contribution in [0.4, 0.5) is 11.4 Å². The Kier molecular flexibility index (Phi) is 5.75. The molecule has 1 N–H and O–H groups in total. The smallest absolute Gasteiger partial charge is 0.164 e. The lowest BCUT2D eigenvalue weighted by molar-refractivity contribution is 0.660. The third kappa shape index (κ3) is 4.24. The Hall–Kier alpha value is -5.09. The molecule has 0 spiro atoms. The number of nitrogens with one attached hydrogen (secondary N) is 1. The lowest BCUT2D eigenvalue weighted by Gasteiger charge is -2.22. The fourth-order valence-corrected chi connectivity index (χ4v) is 5.62. The van der Waals surface area contributed by atoms with Gasteiger partial charge in [-0.05, 0) is 46.5 Å². The Balaban J connectivity index is 1.25. The van der Waals surface area contributed by atoms with E-state index in [4.69, 9.17) is 15.0 Å². The summed E-state index contributed by atoms with van der Waals surface area (Å²) in [5.74, 6) is 1.95. The van der Waals surface area contributed by atoms with Gasteiger partial charge in [-0.25, -0.2) is 15.0 Å². The van der Waals surface area contributed by atoms with Crippen molar-refractivity contribution in [1.29, 1.82) is 0 Å². The summed E-state index contributed by atoms with van der Waals surface area (Å²) in [5, 5.41) is 3.63. The van der Waals surface area contributed by atoms with Gasteiger partial charge in [-0.1, -0.05) is 117 Å². The van der Waals surface area contributed by atoms with Crippen molar-refractivity contribution >= 4 is 11.4 Å². The van der Waals surface area contributed by atoms with Gasteiger partial charge in [0.2, 0.25) is 0 Å². The zero-order valence-corrected chi connectivity index (χ0v) is 22.5. The first kappa shape index (κ1) is 24.0. The molecule has 40 heavy (non-hydrogen) atoms. The zero-order chi connectivity index (χ0) is 27.1. The highest BCUT2D eigenvalue weighted by molar-refractivity contribution is 5.83. The van der Waals surface area contributed by atoms with E-state index in [1.54, 1.807) is 0 Å². The van der Waals surface area contributed by atoms with Crippen molar-refractivity contribution in [3.05, 3.63) is 139 Å². The van der Waals surface area contributed by atoms with Gasteiger partial charge in [-0.3, -0.25) is 0 Å². The van der Waals surface area contributed by atoms with Gasteiger partial charge in [-0.15, -0.1) is 0 Å². The Morgan fingerprint density at radius 3 is 1.65 bits per heavy atom. The molecular weight excluding hydrogens is 488 g/mol. The quantitative estimate of drug-likeness (QED) is 0.248. The SMILES string of the molecule is CC1(C)c2ccccc2-c2ccc(Nc3cccc(-c4nc(-c5ccccc5)nc(-c5ccccc5)n4)c3)cc21. The van der Waals surface area contributed by atoms with Crippen molar-refractivity contribution in [2.24, 2.45) is 0 Å². The van der Waals surface area contributed by atoms with E-state index in [-0.39, 0.29) is 5.41 Å².